The number of aromatic amines is 1. The van der Waals surface area contributed by atoms with Gasteiger partial charge in [-0.05, 0) is 73.6 Å². The van der Waals surface area contributed by atoms with E-state index in [0.717, 1.165) is 18.1 Å². The normalized spacial score (nSPS) is 22.0. The number of hydrogen-bond donors (Lipinski definition) is 1. The summed E-state index contributed by atoms with van der Waals surface area (Å²) in [5.41, 5.74) is 10.0. The number of pyridine rings is 1. The zero-order chi connectivity index (χ0) is 25.6. The lowest BCUT2D eigenvalue weighted by molar-refractivity contribution is 0.190. The Hall–Kier alpha value is -2.97. The molecule has 0 aromatic carbocycles. The molecule has 2 fully saturated rings. The molecule has 1 unspecified atom stereocenters. The highest BCUT2D eigenvalue weighted by Gasteiger charge is 2.46. The average Bonchev–Trinajstić information content (AvgIpc) is 3.68. The van der Waals surface area contributed by atoms with Crippen LogP contribution in [0.4, 0.5) is 0 Å². The number of fused-ring (bicyclic) bond motifs is 4. The second-order valence-electron chi connectivity index (χ2n) is 11.6. The number of H-pyrrole nitrogens is 1. The lowest BCUT2D eigenvalue weighted by Gasteiger charge is -2.31. The van der Waals surface area contributed by atoms with Gasteiger partial charge in [0.1, 0.15) is 11.2 Å². The molecule has 192 valence electrons. The summed E-state index contributed by atoms with van der Waals surface area (Å²) in [5, 5.41) is 5.90. The van der Waals surface area contributed by atoms with Crippen LogP contribution in [-0.2, 0) is 13.6 Å². The fraction of sp³-hybridized carbons (Fsp3) is 0.483. The monoisotopic (exact) mass is 513 g/mol. The van der Waals surface area contributed by atoms with Crippen molar-refractivity contribution >= 4 is 27.2 Å². The number of piperidine rings is 1. The highest BCUT2D eigenvalue weighted by molar-refractivity contribution is 7.19. The highest BCUT2D eigenvalue weighted by atomic mass is 32.1. The molecule has 6 heterocycles. The van der Waals surface area contributed by atoms with E-state index in [1.807, 2.05) is 22.2 Å². The van der Waals surface area contributed by atoms with Gasteiger partial charge in [0.15, 0.2) is 5.65 Å². The molecule has 0 amide bonds. The number of hydrogen-bond acceptors (Lipinski definition) is 5. The zero-order valence-corrected chi connectivity index (χ0v) is 23.4. The summed E-state index contributed by atoms with van der Waals surface area (Å²) in [5.74, 6) is 1.84. The van der Waals surface area contributed by atoms with Crippen molar-refractivity contribution < 1.29 is 0 Å². The van der Waals surface area contributed by atoms with Gasteiger partial charge in [0.25, 0.3) is 0 Å². The molecule has 5 aromatic heterocycles. The molecule has 1 saturated carbocycles. The number of nitrogens with zero attached hydrogens (tertiary/aromatic N) is 6. The molecule has 2 aliphatic rings. The molecule has 1 aliphatic heterocycles. The molecule has 0 radical (unpaired) electrons. The van der Waals surface area contributed by atoms with Crippen molar-refractivity contribution in [3.05, 3.63) is 57.9 Å². The average molecular weight is 514 g/mol. The Labute approximate surface area is 221 Å². The molecule has 1 saturated heterocycles. The van der Waals surface area contributed by atoms with Gasteiger partial charge in [-0.25, -0.2) is 14.5 Å². The van der Waals surface area contributed by atoms with Gasteiger partial charge in [0.2, 0.25) is 0 Å². The third kappa shape index (κ3) is 3.45. The standard InChI is InChI=1S/C29H35N7S/c1-15(2)24-25-18(5)27(22-8-21-7-19(22)9-35(21)11-20-10-34(6)14-31-20)37-29(25)33-26(24)23-12-36-28(30-13-32-36)17(4)16(23)3/h10,12-15,19,21-22,33H,7-9,11H2,1-6H3/t19-,21?,22+/m0/s1. The van der Waals surface area contributed by atoms with Gasteiger partial charge >= 0.3 is 0 Å². The Balaban J connectivity index is 1.24. The first-order chi connectivity index (χ1) is 17.8. The van der Waals surface area contributed by atoms with Crippen LogP contribution in [-0.4, -0.2) is 46.6 Å². The van der Waals surface area contributed by atoms with E-state index in [0.29, 0.717) is 17.9 Å². The molecule has 5 aromatic rings. The van der Waals surface area contributed by atoms with E-state index in [4.69, 9.17) is 0 Å². The minimum Gasteiger partial charge on any atom is -0.346 e. The third-order valence-corrected chi connectivity index (χ3v) is 10.4. The smallest absolute Gasteiger partial charge is 0.158 e. The van der Waals surface area contributed by atoms with E-state index in [-0.39, 0.29) is 0 Å². The van der Waals surface area contributed by atoms with E-state index in [1.165, 1.54) is 68.8 Å². The van der Waals surface area contributed by atoms with Crippen LogP contribution in [0.15, 0.2) is 25.0 Å². The SMILES string of the molecule is Cc1c(-c2[nH]c3sc([C@@H]4CC5C[C@H]4CN5Cc4cn(C)cn4)c(C)c3c2C(C)C)cn2ncnc2c1C. The van der Waals surface area contributed by atoms with E-state index in [9.17, 15) is 0 Å². The van der Waals surface area contributed by atoms with Crippen LogP contribution >= 0.6 is 11.3 Å². The van der Waals surface area contributed by atoms with Crippen molar-refractivity contribution in [2.45, 2.75) is 71.9 Å². The van der Waals surface area contributed by atoms with Gasteiger partial charge in [-0.1, -0.05) is 13.8 Å². The van der Waals surface area contributed by atoms with Crippen molar-refractivity contribution in [3.63, 3.8) is 0 Å². The van der Waals surface area contributed by atoms with E-state index >= 15 is 0 Å². The predicted octanol–water partition coefficient (Wildman–Crippen LogP) is 6.10. The molecule has 2 bridgehead atoms. The molecule has 37 heavy (non-hydrogen) atoms. The molecule has 7 rings (SSSR count). The first-order valence-electron chi connectivity index (χ1n) is 13.5. The maximum Gasteiger partial charge on any atom is 0.158 e. The molecule has 3 atom stereocenters. The molecule has 0 spiro atoms. The third-order valence-electron chi connectivity index (χ3n) is 9.05. The number of aryl methyl sites for hydroxylation is 3. The van der Waals surface area contributed by atoms with Gasteiger partial charge in [-0.3, -0.25) is 4.90 Å². The van der Waals surface area contributed by atoms with E-state index in [2.05, 4.69) is 83.6 Å². The second kappa shape index (κ2) is 8.27. The first kappa shape index (κ1) is 23.2. The molecular formula is C29H35N7S. The summed E-state index contributed by atoms with van der Waals surface area (Å²) in [6.07, 6.45) is 10.5. The molecular weight excluding hydrogens is 478 g/mol. The number of thiophene rings is 1. The van der Waals surface area contributed by atoms with Gasteiger partial charge in [0.05, 0.1) is 17.7 Å². The summed E-state index contributed by atoms with van der Waals surface area (Å²) in [7, 11) is 2.05. The molecule has 8 heteroatoms. The van der Waals surface area contributed by atoms with Crippen molar-refractivity contribution in [2.24, 2.45) is 13.0 Å². The van der Waals surface area contributed by atoms with Crippen LogP contribution in [0.1, 0.15) is 71.3 Å². The van der Waals surface area contributed by atoms with Crippen molar-refractivity contribution in [1.29, 1.82) is 0 Å². The Morgan fingerprint density at radius 1 is 1.08 bits per heavy atom. The van der Waals surface area contributed by atoms with Gasteiger partial charge in [-0.2, -0.15) is 5.10 Å². The van der Waals surface area contributed by atoms with Crippen molar-refractivity contribution in [2.75, 3.05) is 6.54 Å². The largest absolute Gasteiger partial charge is 0.346 e. The number of likely N-dealkylation sites (tertiary alicyclic amines) is 1. The lowest BCUT2D eigenvalue weighted by Crippen LogP contribution is -2.34. The zero-order valence-electron chi connectivity index (χ0n) is 22.5. The molecule has 1 N–H and O–H groups in total. The van der Waals surface area contributed by atoms with Crippen molar-refractivity contribution in [3.8, 4) is 11.3 Å². The fourth-order valence-electron chi connectivity index (χ4n) is 7.16. The highest BCUT2D eigenvalue weighted by Crippen LogP contribution is 2.53. The van der Waals surface area contributed by atoms with Gasteiger partial charge in [0, 0.05) is 54.4 Å². The van der Waals surface area contributed by atoms with E-state index < -0.39 is 0 Å². The quantitative estimate of drug-likeness (QED) is 0.308. The number of nitrogens with one attached hydrogen (secondary N) is 1. The Kier molecular flexibility index (Phi) is 5.18. The predicted molar refractivity (Wildman–Crippen MR) is 149 cm³/mol. The fourth-order valence-corrected chi connectivity index (χ4v) is 8.60. The minimum atomic E-state index is 0.421. The lowest BCUT2D eigenvalue weighted by atomic mass is 9.88. The maximum absolute atomic E-state index is 4.57. The van der Waals surface area contributed by atoms with Crippen molar-refractivity contribution in [1.82, 2.24) is 34.0 Å². The topological polar surface area (TPSA) is 67.0 Å². The Bertz CT molecular complexity index is 1650. The summed E-state index contributed by atoms with van der Waals surface area (Å²) < 4.78 is 3.97. The number of rotatable bonds is 5. The van der Waals surface area contributed by atoms with Crippen LogP contribution in [0.2, 0.25) is 0 Å². The minimum absolute atomic E-state index is 0.421. The van der Waals surface area contributed by atoms with Gasteiger partial charge < -0.3 is 9.55 Å². The summed E-state index contributed by atoms with van der Waals surface area (Å²) in [4.78, 5) is 18.5. The van der Waals surface area contributed by atoms with Gasteiger partial charge in [-0.15, -0.1) is 11.3 Å². The van der Waals surface area contributed by atoms with Crippen LogP contribution in [0.5, 0.6) is 0 Å². The van der Waals surface area contributed by atoms with Crippen LogP contribution in [0.3, 0.4) is 0 Å². The summed E-state index contributed by atoms with van der Waals surface area (Å²) in [6.45, 7) is 13.6. The van der Waals surface area contributed by atoms with Crippen LogP contribution < -0.4 is 0 Å². The summed E-state index contributed by atoms with van der Waals surface area (Å²) in [6, 6.07) is 0.678. The number of imidazole rings is 1. The Morgan fingerprint density at radius 3 is 2.62 bits per heavy atom. The van der Waals surface area contributed by atoms with Crippen LogP contribution in [0, 0.1) is 26.7 Å². The Morgan fingerprint density at radius 2 is 1.92 bits per heavy atom. The first-order valence-corrected chi connectivity index (χ1v) is 14.3. The molecule has 7 nitrogen and oxygen atoms in total. The number of aromatic nitrogens is 6. The van der Waals surface area contributed by atoms with Crippen LogP contribution in [0.25, 0.3) is 27.1 Å². The second-order valence-corrected chi connectivity index (χ2v) is 12.7. The summed E-state index contributed by atoms with van der Waals surface area (Å²) >= 11 is 2.01. The maximum atomic E-state index is 4.57. The molecule has 1 aliphatic carbocycles. The van der Waals surface area contributed by atoms with E-state index in [1.54, 1.807) is 11.2 Å².